The summed E-state index contributed by atoms with van der Waals surface area (Å²) in [4.78, 5) is 40.0. The van der Waals surface area contributed by atoms with E-state index in [1.54, 1.807) is 24.5 Å². The van der Waals surface area contributed by atoms with E-state index in [4.69, 9.17) is 11.6 Å². The van der Waals surface area contributed by atoms with E-state index < -0.39 is 0 Å². The molecule has 5 rings (SSSR count). The molecule has 1 saturated carbocycles. The van der Waals surface area contributed by atoms with Crippen molar-refractivity contribution in [2.24, 2.45) is 10.9 Å². The first kappa shape index (κ1) is 22.6. The van der Waals surface area contributed by atoms with E-state index in [0.29, 0.717) is 10.7 Å². The summed E-state index contributed by atoms with van der Waals surface area (Å²) >= 11 is 6.07. The number of carbonyl (C=O) groups is 2. The minimum absolute atomic E-state index is 0.0502. The minimum Gasteiger partial charge on any atom is -0.371 e. The number of pyridine rings is 1. The molecule has 8 heteroatoms. The second-order valence-electron chi connectivity index (χ2n) is 9.09. The van der Waals surface area contributed by atoms with Gasteiger partial charge in [-0.1, -0.05) is 18.0 Å². The fourth-order valence-corrected chi connectivity index (χ4v) is 5.10. The van der Waals surface area contributed by atoms with Crippen LogP contribution in [0.15, 0.2) is 53.8 Å². The molecule has 1 atom stereocenters. The second-order valence-corrected chi connectivity index (χ2v) is 9.53. The number of piperidine rings is 1. The Bertz CT molecular complexity index is 1210. The van der Waals surface area contributed by atoms with E-state index >= 15 is 0 Å². The molecule has 1 aliphatic carbocycles. The van der Waals surface area contributed by atoms with Crippen molar-refractivity contribution in [1.29, 1.82) is 0 Å². The zero-order valence-electron chi connectivity index (χ0n) is 19.0. The van der Waals surface area contributed by atoms with Crippen molar-refractivity contribution in [3.8, 4) is 0 Å². The van der Waals surface area contributed by atoms with E-state index in [0.717, 1.165) is 73.9 Å². The number of amides is 2. The highest BCUT2D eigenvalue weighted by Crippen LogP contribution is 2.25. The summed E-state index contributed by atoms with van der Waals surface area (Å²) in [7, 11) is 0. The molecule has 176 valence electrons. The van der Waals surface area contributed by atoms with Crippen LogP contribution in [0.1, 0.15) is 49.0 Å². The second kappa shape index (κ2) is 9.97. The smallest absolute Gasteiger partial charge is 0.268 e. The van der Waals surface area contributed by atoms with E-state index in [9.17, 15) is 9.59 Å². The number of aliphatic imine (C=N–C) groups is 1. The van der Waals surface area contributed by atoms with Gasteiger partial charge in [-0.3, -0.25) is 14.6 Å². The van der Waals surface area contributed by atoms with Gasteiger partial charge in [0.25, 0.3) is 5.91 Å². The van der Waals surface area contributed by atoms with E-state index in [1.165, 1.54) is 0 Å². The summed E-state index contributed by atoms with van der Waals surface area (Å²) in [5, 5.41) is 4.62. The molecular weight excluding hydrogens is 450 g/mol. The van der Waals surface area contributed by atoms with Crippen molar-refractivity contribution in [2.45, 2.75) is 44.6 Å². The van der Waals surface area contributed by atoms with Crippen LogP contribution in [-0.4, -0.2) is 46.6 Å². The first-order valence-corrected chi connectivity index (χ1v) is 12.3. The molecule has 0 unspecified atom stereocenters. The first-order valence-electron chi connectivity index (χ1n) is 11.9. The number of aromatic nitrogens is 2. The lowest BCUT2D eigenvalue weighted by atomic mass is 9.91. The summed E-state index contributed by atoms with van der Waals surface area (Å²) in [5.74, 6) is -0.307. The summed E-state index contributed by atoms with van der Waals surface area (Å²) in [5.41, 5.74) is 3.29. The lowest BCUT2D eigenvalue weighted by Gasteiger charge is -2.32. The van der Waals surface area contributed by atoms with Gasteiger partial charge in [-0.05, 0) is 68.5 Å². The van der Waals surface area contributed by atoms with E-state index in [-0.39, 0.29) is 23.8 Å². The molecule has 1 saturated heterocycles. The van der Waals surface area contributed by atoms with Gasteiger partial charge in [-0.15, -0.1) is 0 Å². The van der Waals surface area contributed by atoms with Crippen molar-refractivity contribution in [2.75, 3.05) is 18.0 Å². The molecule has 2 aliphatic rings. The lowest BCUT2D eigenvalue weighted by molar-refractivity contribution is -0.122. The first-order chi connectivity index (χ1) is 16.6. The third-order valence-electron chi connectivity index (χ3n) is 6.84. The van der Waals surface area contributed by atoms with Crippen LogP contribution >= 0.6 is 11.6 Å². The molecule has 1 aromatic carbocycles. The van der Waals surface area contributed by atoms with Crippen molar-refractivity contribution in [3.05, 3.63) is 59.5 Å². The lowest BCUT2D eigenvalue weighted by Crippen LogP contribution is -2.43. The Hall–Kier alpha value is -3.19. The fourth-order valence-electron chi connectivity index (χ4n) is 4.92. The number of halogens is 1. The minimum atomic E-state index is -0.211. The van der Waals surface area contributed by atoms with Gasteiger partial charge in [0.05, 0.1) is 6.04 Å². The van der Waals surface area contributed by atoms with Crippen LogP contribution in [0.5, 0.6) is 0 Å². The van der Waals surface area contributed by atoms with Crippen LogP contribution in [0.3, 0.4) is 0 Å². The Morgan fingerprint density at radius 3 is 2.65 bits per heavy atom. The monoisotopic (exact) mass is 477 g/mol. The van der Waals surface area contributed by atoms with Crippen molar-refractivity contribution in [1.82, 2.24) is 15.3 Å². The average molecular weight is 478 g/mol. The number of H-pyrrole nitrogens is 1. The molecule has 34 heavy (non-hydrogen) atoms. The van der Waals surface area contributed by atoms with Crippen molar-refractivity contribution in [3.63, 3.8) is 0 Å². The molecule has 0 bridgehead atoms. The molecular formula is C26H28ClN5O2. The Kier molecular flexibility index (Phi) is 6.63. The van der Waals surface area contributed by atoms with Gasteiger partial charge >= 0.3 is 0 Å². The van der Waals surface area contributed by atoms with Crippen LogP contribution in [0.2, 0.25) is 5.02 Å². The SMILES string of the molecule is O=C(N[C@H]1CCCC/C1=N\C(=O)C1CCN(c2ccncc2)CC1)c1cc2cc(Cl)ccc2[nH]1. The Morgan fingerprint density at radius 1 is 1.06 bits per heavy atom. The van der Waals surface area contributed by atoms with E-state index in [1.807, 2.05) is 24.3 Å². The molecule has 2 N–H and O–H groups in total. The molecule has 3 heterocycles. The molecule has 2 amide bonds. The van der Waals surface area contributed by atoms with Crippen LogP contribution in [-0.2, 0) is 4.79 Å². The summed E-state index contributed by atoms with van der Waals surface area (Å²) in [6, 6.07) is 11.1. The largest absolute Gasteiger partial charge is 0.371 e. The maximum atomic E-state index is 13.0. The Morgan fingerprint density at radius 2 is 1.85 bits per heavy atom. The maximum absolute atomic E-state index is 13.0. The van der Waals surface area contributed by atoms with Gasteiger partial charge in [-0.25, -0.2) is 4.99 Å². The van der Waals surface area contributed by atoms with Crippen molar-refractivity contribution >= 4 is 45.7 Å². The van der Waals surface area contributed by atoms with Gasteiger partial charge in [-0.2, -0.15) is 0 Å². The Balaban J connectivity index is 1.23. The topological polar surface area (TPSA) is 90.4 Å². The number of hydrogen-bond acceptors (Lipinski definition) is 4. The number of carbonyl (C=O) groups excluding carboxylic acids is 2. The van der Waals surface area contributed by atoms with Gasteiger partial charge in [0, 0.05) is 58.7 Å². The Labute approximate surface area is 203 Å². The molecule has 0 radical (unpaired) electrons. The number of benzene rings is 1. The summed E-state index contributed by atoms with van der Waals surface area (Å²) in [6.45, 7) is 1.66. The molecule has 3 aromatic rings. The van der Waals surface area contributed by atoms with Crippen LogP contribution < -0.4 is 10.2 Å². The van der Waals surface area contributed by atoms with Crippen molar-refractivity contribution < 1.29 is 9.59 Å². The zero-order chi connectivity index (χ0) is 23.5. The van der Waals surface area contributed by atoms with E-state index in [2.05, 4.69) is 25.2 Å². The predicted octanol–water partition coefficient (Wildman–Crippen LogP) is 4.77. The van der Waals surface area contributed by atoms with Gasteiger partial charge in [0.1, 0.15) is 5.69 Å². The molecule has 2 fully saturated rings. The molecule has 2 aromatic heterocycles. The van der Waals surface area contributed by atoms with Crippen LogP contribution in [0, 0.1) is 5.92 Å². The van der Waals surface area contributed by atoms with Crippen LogP contribution in [0.25, 0.3) is 10.9 Å². The molecule has 7 nitrogen and oxygen atoms in total. The summed E-state index contributed by atoms with van der Waals surface area (Å²) in [6.07, 6.45) is 8.69. The quantitative estimate of drug-likeness (QED) is 0.566. The van der Waals surface area contributed by atoms with Gasteiger partial charge < -0.3 is 15.2 Å². The number of anilines is 1. The number of aromatic amines is 1. The highest BCUT2D eigenvalue weighted by atomic mass is 35.5. The molecule has 1 aliphatic heterocycles. The third kappa shape index (κ3) is 4.99. The van der Waals surface area contributed by atoms with Crippen LogP contribution in [0.4, 0.5) is 5.69 Å². The number of nitrogens with one attached hydrogen (secondary N) is 2. The predicted molar refractivity (Wildman–Crippen MR) is 135 cm³/mol. The number of fused-ring (bicyclic) bond motifs is 1. The zero-order valence-corrected chi connectivity index (χ0v) is 19.7. The highest BCUT2D eigenvalue weighted by molar-refractivity contribution is 6.31. The summed E-state index contributed by atoms with van der Waals surface area (Å²) < 4.78 is 0. The number of rotatable bonds is 4. The normalized spacial score (nSPS) is 20.6. The fraction of sp³-hybridized carbons (Fsp3) is 0.385. The average Bonchev–Trinajstić information content (AvgIpc) is 3.29. The maximum Gasteiger partial charge on any atom is 0.268 e. The van der Waals surface area contributed by atoms with Gasteiger partial charge in [0.2, 0.25) is 5.91 Å². The molecule has 0 spiro atoms. The number of hydrogen-bond donors (Lipinski definition) is 2. The van der Waals surface area contributed by atoms with Gasteiger partial charge in [0.15, 0.2) is 0 Å². The third-order valence-corrected chi connectivity index (χ3v) is 7.07. The highest BCUT2D eigenvalue weighted by Gasteiger charge is 2.28. The number of nitrogens with zero attached hydrogens (tertiary/aromatic N) is 3. The standard InChI is InChI=1S/C26H28ClN5O2/c27-19-5-6-21-18(15-19)16-24(29-21)26(34)31-23-4-2-1-3-22(23)30-25(33)17-9-13-32(14-10-17)20-7-11-28-12-8-20/h5-8,11-12,15-17,23,29H,1-4,9-10,13-14H2,(H,31,34)/b30-22+/t23-/m0/s1.